The molecule has 9 heteroatoms. The molecule has 1 saturated carbocycles. The van der Waals surface area contributed by atoms with Crippen molar-refractivity contribution in [3.63, 3.8) is 0 Å². The Balaban J connectivity index is 0.000000418. The number of benzene rings is 3. The molecule has 0 atom stereocenters. The van der Waals surface area contributed by atoms with Crippen molar-refractivity contribution in [1.29, 1.82) is 0 Å². The van der Waals surface area contributed by atoms with E-state index in [1.165, 1.54) is 37.7 Å². The summed E-state index contributed by atoms with van der Waals surface area (Å²) in [5.41, 5.74) is 3.93. The Bertz CT molecular complexity index is 1320. The van der Waals surface area contributed by atoms with Crippen LogP contribution in [0, 0.1) is 13.8 Å². The molecular formula is C36H48Cl2N4O3. The standard InChI is InChI=1S/C26H35ClN4O3.C7H7Cl.C3H6/c1-20-8-9-22(27)17-24(20)31(18-25(33)28-11-15-30-12-3-4-13-30)19-26(34)29(2)14-10-21-6-5-7-23(32)16-21;1-6-2-4-7(8)5-3-6;1-2-3-1/h5-9,16-17,32H,3-4,10-15,18-19H2,1-2H3,(H,28,33);2-5H,1H3;1-3H2. The molecule has 0 spiro atoms. The number of aryl methyl sites for hydroxylation is 2. The Morgan fingerprint density at radius 1 is 0.867 bits per heavy atom. The molecular weight excluding hydrogens is 607 g/mol. The largest absolute Gasteiger partial charge is 0.508 e. The van der Waals surface area contributed by atoms with Crippen LogP contribution in [0.25, 0.3) is 0 Å². The van der Waals surface area contributed by atoms with Crippen molar-refractivity contribution in [2.45, 2.75) is 52.4 Å². The lowest BCUT2D eigenvalue weighted by molar-refractivity contribution is -0.128. The molecule has 3 aromatic rings. The number of amides is 2. The monoisotopic (exact) mass is 654 g/mol. The zero-order valence-electron chi connectivity index (χ0n) is 26.9. The van der Waals surface area contributed by atoms with Gasteiger partial charge in [0.05, 0.1) is 13.1 Å². The second kappa shape index (κ2) is 19.3. The van der Waals surface area contributed by atoms with E-state index < -0.39 is 0 Å². The van der Waals surface area contributed by atoms with E-state index in [1.807, 2.05) is 50.2 Å². The number of hydrogen-bond donors (Lipinski definition) is 2. The van der Waals surface area contributed by atoms with Crippen molar-refractivity contribution >= 4 is 40.7 Å². The Morgan fingerprint density at radius 2 is 1.53 bits per heavy atom. The molecule has 0 bridgehead atoms. The summed E-state index contributed by atoms with van der Waals surface area (Å²) < 4.78 is 0. The molecule has 2 N–H and O–H groups in total. The molecule has 1 heterocycles. The lowest BCUT2D eigenvalue weighted by Gasteiger charge is -2.28. The summed E-state index contributed by atoms with van der Waals surface area (Å²) in [5, 5.41) is 14.0. The second-order valence-corrected chi connectivity index (χ2v) is 12.6. The van der Waals surface area contributed by atoms with Gasteiger partial charge in [-0.25, -0.2) is 0 Å². The molecule has 7 nitrogen and oxygen atoms in total. The minimum atomic E-state index is -0.117. The SMILES string of the molecule is C1CC1.Cc1ccc(Cl)cc1.Cc1ccc(Cl)cc1N(CC(=O)NCCN1CCCC1)CC(=O)N(C)CCc1cccc(O)c1. The summed E-state index contributed by atoms with van der Waals surface area (Å²) in [6.07, 6.45) is 7.57. The fourth-order valence-corrected chi connectivity index (χ4v) is 4.98. The molecule has 0 radical (unpaired) electrons. The summed E-state index contributed by atoms with van der Waals surface area (Å²) in [4.78, 5) is 31.6. The quantitative estimate of drug-likeness (QED) is 0.235. The maximum atomic E-state index is 13.0. The maximum Gasteiger partial charge on any atom is 0.241 e. The summed E-state index contributed by atoms with van der Waals surface area (Å²) in [5.74, 6) is 0.00279. The zero-order chi connectivity index (χ0) is 32.6. The number of phenols is 1. The summed E-state index contributed by atoms with van der Waals surface area (Å²) in [7, 11) is 1.75. The highest BCUT2D eigenvalue weighted by Gasteiger charge is 2.20. The van der Waals surface area contributed by atoms with Gasteiger partial charge in [-0.1, -0.05) is 78.4 Å². The summed E-state index contributed by atoms with van der Waals surface area (Å²) >= 11 is 11.8. The van der Waals surface area contributed by atoms with E-state index in [2.05, 4.69) is 10.2 Å². The summed E-state index contributed by atoms with van der Waals surface area (Å²) in [6.45, 7) is 8.26. The van der Waals surface area contributed by atoms with Crippen molar-refractivity contribution in [2.24, 2.45) is 0 Å². The van der Waals surface area contributed by atoms with Crippen LogP contribution in [0.2, 0.25) is 10.0 Å². The maximum absolute atomic E-state index is 13.0. The van der Waals surface area contributed by atoms with Gasteiger partial charge in [-0.05, 0) is 93.7 Å². The van der Waals surface area contributed by atoms with Gasteiger partial charge in [0, 0.05) is 42.4 Å². The van der Waals surface area contributed by atoms with E-state index >= 15 is 0 Å². The van der Waals surface area contributed by atoms with E-state index in [9.17, 15) is 14.7 Å². The van der Waals surface area contributed by atoms with Gasteiger partial charge in [0.15, 0.2) is 0 Å². The van der Waals surface area contributed by atoms with Gasteiger partial charge in [0.1, 0.15) is 5.75 Å². The molecule has 45 heavy (non-hydrogen) atoms. The molecule has 3 aromatic carbocycles. The average molecular weight is 656 g/mol. The molecule has 2 aliphatic rings. The first-order chi connectivity index (χ1) is 21.6. The highest BCUT2D eigenvalue weighted by Crippen LogP contribution is 2.24. The Morgan fingerprint density at radius 3 is 2.16 bits per heavy atom. The van der Waals surface area contributed by atoms with Gasteiger partial charge in [-0.2, -0.15) is 0 Å². The first-order valence-corrected chi connectivity index (χ1v) is 16.6. The Kier molecular flexibility index (Phi) is 15.5. The van der Waals surface area contributed by atoms with Crippen molar-refractivity contribution in [3.8, 4) is 5.75 Å². The minimum absolute atomic E-state index is 0.0667. The van der Waals surface area contributed by atoms with E-state index in [0.717, 1.165) is 41.5 Å². The molecule has 1 aliphatic carbocycles. The van der Waals surface area contributed by atoms with Crippen LogP contribution in [0.15, 0.2) is 66.7 Å². The van der Waals surface area contributed by atoms with Crippen molar-refractivity contribution < 1.29 is 14.7 Å². The van der Waals surface area contributed by atoms with Crippen molar-refractivity contribution in [2.75, 3.05) is 57.8 Å². The highest BCUT2D eigenvalue weighted by molar-refractivity contribution is 6.31. The fourth-order valence-electron chi connectivity index (χ4n) is 4.69. The first kappa shape index (κ1) is 36.2. The zero-order valence-corrected chi connectivity index (χ0v) is 28.4. The van der Waals surface area contributed by atoms with E-state index in [-0.39, 0.29) is 30.7 Å². The molecule has 2 amide bonds. The summed E-state index contributed by atoms with van der Waals surface area (Å²) in [6, 6.07) is 20.3. The van der Waals surface area contributed by atoms with Crippen LogP contribution >= 0.6 is 23.2 Å². The second-order valence-electron chi connectivity index (χ2n) is 11.8. The van der Waals surface area contributed by atoms with Crippen LogP contribution in [0.4, 0.5) is 5.69 Å². The molecule has 1 saturated heterocycles. The smallest absolute Gasteiger partial charge is 0.241 e. The van der Waals surface area contributed by atoms with Crippen molar-refractivity contribution in [1.82, 2.24) is 15.1 Å². The van der Waals surface area contributed by atoms with E-state index in [4.69, 9.17) is 23.2 Å². The number of phenolic OH excluding ortho intramolecular Hbond substituents is 1. The number of nitrogens with zero attached hydrogens (tertiary/aromatic N) is 3. The lowest BCUT2D eigenvalue weighted by Crippen LogP contribution is -2.45. The van der Waals surface area contributed by atoms with Crippen LogP contribution in [-0.2, 0) is 16.0 Å². The van der Waals surface area contributed by atoms with E-state index in [1.54, 1.807) is 47.2 Å². The van der Waals surface area contributed by atoms with Crippen LogP contribution < -0.4 is 10.2 Å². The third-order valence-electron chi connectivity index (χ3n) is 7.56. The van der Waals surface area contributed by atoms with Crippen molar-refractivity contribution in [3.05, 3.63) is 93.5 Å². The average Bonchev–Trinajstić information content (AvgIpc) is 3.82. The van der Waals surface area contributed by atoms with Gasteiger partial charge in [-0.3, -0.25) is 9.59 Å². The number of aromatic hydroxyl groups is 1. The number of rotatable bonds is 11. The topological polar surface area (TPSA) is 76.1 Å². The van der Waals surface area contributed by atoms with Crippen LogP contribution in [0.3, 0.4) is 0 Å². The Hall–Kier alpha value is -3.26. The number of hydrogen-bond acceptors (Lipinski definition) is 5. The number of halogens is 2. The molecule has 0 unspecified atom stereocenters. The first-order valence-electron chi connectivity index (χ1n) is 15.8. The van der Waals surface area contributed by atoms with Gasteiger partial charge in [0.2, 0.25) is 11.8 Å². The van der Waals surface area contributed by atoms with Gasteiger partial charge < -0.3 is 25.1 Å². The van der Waals surface area contributed by atoms with Gasteiger partial charge >= 0.3 is 0 Å². The number of nitrogens with one attached hydrogen (secondary N) is 1. The number of carbonyl (C=O) groups excluding carboxylic acids is 2. The molecule has 1 aliphatic heterocycles. The fraction of sp³-hybridized carbons (Fsp3) is 0.444. The third-order valence-corrected chi connectivity index (χ3v) is 8.05. The molecule has 2 fully saturated rings. The molecule has 244 valence electrons. The third kappa shape index (κ3) is 14.6. The predicted molar refractivity (Wildman–Crippen MR) is 187 cm³/mol. The molecule has 0 aromatic heterocycles. The number of anilines is 1. The van der Waals surface area contributed by atoms with Gasteiger partial charge in [-0.15, -0.1) is 0 Å². The molecule has 5 rings (SSSR count). The Labute approximate surface area is 279 Å². The predicted octanol–water partition coefficient (Wildman–Crippen LogP) is 6.89. The number of likely N-dealkylation sites (tertiary alicyclic amines) is 1. The van der Waals surface area contributed by atoms with Crippen LogP contribution in [0.1, 0.15) is 48.8 Å². The van der Waals surface area contributed by atoms with Crippen LogP contribution in [0.5, 0.6) is 5.75 Å². The minimum Gasteiger partial charge on any atom is -0.508 e. The normalized spacial score (nSPS) is 13.5. The lowest BCUT2D eigenvalue weighted by atomic mass is 10.1. The number of carbonyl (C=O) groups is 2. The van der Waals surface area contributed by atoms with Crippen LogP contribution in [-0.4, -0.2) is 79.6 Å². The van der Waals surface area contributed by atoms with E-state index in [0.29, 0.717) is 24.5 Å². The number of likely N-dealkylation sites (N-methyl/N-ethyl adjacent to an activating group) is 1. The highest BCUT2D eigenvalue weighted by atomic mass is 35.5. The van der Waals surface area contributed by atoms with Gasteiger partial charge in [0.25, 0.3) is 0 Å².